The maximum atomic E-state index is 5.81. The SMILES string of the molecule is CC1CCC(N(C)CCOc2ccc(CN)cc2)CC1. The summed E-state index contributed by atoms with van der Waals surface area (Å²) in [5.74, 6) is 1.85. The van der Waals surface area contributed by atoms with Gasteiger partial charge < -0.3 is 15.4 Å². The molecule has 0 amide bonds. The van der Waals surface area contributed by atoms with Crippen molar-refractivity contribution in [1.82, 2.24) is 4.90 Å². The highest BCUT2D eigenvalue weighted by Gasteiger charge is 2.21. The van der Waals surface area contributed by atoms with Crippen LogP contribution in [0.2, 0.25) is 0 Å². The van der Waals surface area contributed by atoms with E-state index in [-0.39, 0.29) is 0 Å². The molecule has 1 aliphatic carbocycles. The number of ether oxygens (including phenoxy) is 1. The molecule has 3 nitrogen and oxygen atoms in total. The first-order valence-electron chi connectivity index (χ1n) is 7.81. The van der Waals surface area contributed by atoms with E-state index < -0.39 is 0 Å². The van der Waals surface area contributed by atoms with Crippen LogP contribution in [0.1, 0.15) is 38.2 Å². The maximum Gasteiger partial charge on any atom is 0.119 e. The molecule has 0 spiro atoms. The van der Waals surface area contributed by atoms with Gasteiger partial charge in [0.25, 0.3) is 0 Å². The van der Waals surface area contributed by atoms with Gasteiger partial charge in [0.15, 0.2) is 0 Å². The molecule has 1 aromatic rings. The van der Waals surface area contributed by atoms with E-state index in [1.54, 1.807) is 0 Å². The molecular weight excluding hydrogens is 248 g/mol. The first-order chi connectivity index (χ1) is 9.69. The average molecular weight is 276 g/mol. The molecule has 3 heteroatoms. The van der Waals surface area contributed by atoms with Gasteiger partial charge in [0.2, 0.25) is 0 Å². The first kappa shape index (κ1) is 15.3. The Morgan fingerprint density at radius 1 is 1.15 bits per heavy atom. The van der Waals surface area contributed by atoms with Crippen molar-refractivity contribution < 1.29 is 4.74 Å². The highest BCUT2D eigenvalue weighted by atomic mass is 16.5. The molecule has 2 N–H and O–H groups in total. The summed E-state index contributed by atoms with van der Waals surface area (Å²) in [6, 6.07) is 8.81. The second kappa shape index (κ2) is 7.65. The van der Waals surface area contributed by atoms with Gasteiger partial charge in [-0.2, -0.15) is 0 Å². The lowest BCUT2D eigenvalue weighted by molar-refractivity contribution is 0.145. The lowest BCUT2D eigenvalue weighted by Crippen LogP contribution is -2.37. The molecule has 0 unspecified atom stereocenters. The summed E-state index contributed by atoms with van der Waals surface area (Å²) in [6.07, 6.45) is 5.42. The molecule has 0 aromatic heterocycles. The van der Waals surface area contributed by atoms with Crippen molar-refractivity contribution in [3.8, 4) is 5.75 Å². The molecule has 2 rings (SSSR count). The van der Waals surface area contributed by atoms with Crippen LogP contribution in [0.25, 0.3) is 0 Å². The topological polar surface area (TPSA) is 38.5 Å². The van der Waals surface area contributed by atoms with E-state index in [9.17, 15) is 0 Å². The minimum Gasteiger partial charge on any atom is -0.492 e. The quantitative estimate of drug-likeness (QED) is 0.868. The third-order valence-corrected chi connectivity index (χ3v) is 4.48. The average Bonchev–Trinajstić information content (AvgIpc) is 2.48. The highest BCUT2D eigenvalue weighted by molar-refractivity contribution is 5.27. The monoisotopic (exact) mass is 276 g/mol. The largest absolute Gasteiger partial charge is 0.492 e. The summed E-state index contributed by atoms with van der Waals surface area (Å²) in [5, 5.41) is 0. The third kappa shape index (κ3) is 4.50. The number of benzene rings is 1. The lowest BCUT2D eigenvalue weighted by Gasteiger charge is -2.33. The van der Waals surface area contributed by atoms with Crippen molar-refractivity contribution in [1.29, 1.82) is 0 Å². The third-order valence-electron chi connectivity index (χ3n) is 4.48. The van der Waals surface area contributed by atoms with Crippen molar-refractivity contribution >= 4 is 0 Å². The molecule has 112 valence electrons. The first-order valence-corrected chi connectivity index (χ1v) is 7.81. The van der Waals surface area contributed by atoms with Crippen molar-refractivity contribution in [3.63, 3.8) is 0 Å². The zero-order valence-corrected chi connectivity index (χ0v) is 12.8. The molecule has 1 saturated carbocycles. The van der Waals surface area contributed by atoms with Crippen molar-refractivity contribution in [3.05, 3.63) is 29.8 Å². The molecule has 0 saturated heterocycles. The number of nitrogens with zero attached hydrogens (tertiary/aromatic N) is 1. The zero-order chi connectivity index (χ0) is 14.4. The van der Waals surface area contributed by atoms with Crippen molar-refractivity contribution in [2.24, 2.45) is 11.7 Å². The molecule has 1 fully saturated rings. The van der Waals surface area contributed by atoms with Crippen LogP contribution in [0, 0.1) is 5.92 Å². The predicted molar refractivity (Wildman–Crippen MR) is 83.9 cm³/mol. The van der Waals surface area contributed by atoms with Crippen LogP contribution in [0.5, 0.6) is 5.75 Å². The van der Waals surface area contributed by atoms with E-state index in [2.05, 4.69) is 18.9 Å². The Morgan fingerprint density at radius 3 is 2.40 bits per heavy atom. The number of nitrogens with two attached hydrogens (primary N) is 1. The summed E-state index contributed by atoms with van der Waals surface area (Å²) >= 11 is 0. The van der Waals surface area contributed by atoms with Gasteiger partial charge in [-0.05, 0) is 56.3 Å². The molecule has 0 radical (unpaired) electrons. The fraction of sp³-hybridized carbons (Fsp3) is 0.647. The van der Waals surface area contributed by atoms with Crippen LogP contribution in [0.3, 0.4) is 0 Å². The molecule has 1 aromatic carbocycles. The molecule has 0 aliphatic heterocycles. The van der Waals surface area contributed by atoms with E-state index in [1.165, 1.54) is 25.7 Å². The van der Waals surface area contributed by atoms with Gasteiger partial charge in [-0.3, -0.25) is 0 Å². The molecule has 0 heterocycles. The number of hydrogen-bond donors (Lipinski definition) is 1. The van der Waals surface area contributed by atoms with Gasteiger partial charge in [-0.25, -0.2) is 0 Å². The van der Waals surface area contributed by atoms with Crippen LogP contribution in [0.4, 0.5) is 0 Å². The Bertz CT molecular complexity index is 382. The highest BCUT2D eigenvalue weighted by Crippen LogP contribution is 2.26. The van der Waals surface area contributed by atoms with Gasteiger partial charge in [-0.1, -0.05) is 19.1 Å². The van der Waals surface area contributed by atoms with Gasteiger partial charge >= 0.3 is 0 Å². The zero-order valence-electron chi connectivity index (χ0n) is 12.8. The van der Waals surface area contributed by atoms with Crippen LogP contribution in [-0.4, -0.2) is 31.1 Å². The minimum absolute atomic E-state index is 0.586. The van der Waals surface area contributed by atoms with E-state index in [0.717, 1.165) is 36.4 Å². The van der Waals surface area contributed by atoms with Crippen LogP contribution in [0.15, 0.2) is 24.3 Å². The molecule has 0 atom stereocenters. The standard InChI is InChI=1S/C17H28N2O/c1-14-3-7-16(8-4-14)19(2)11-12-20-17-9-5-15(13-18)6-10-17/h5-6,9-10,14,16H,3-4,7-8,11-13,18H2,1-2H3. The molecule has 20 heavy (non-hydrogen) atoms. The second-order valence-corrected chi connectivity index (χ2v) is 6.09. The Labute approximate surface area is 123 Å². The van der Waals surface area contributed by atoms with E-state index in [4.69, 9.17) is 10.5 Å². The van der Waals surface area contributed by atoms with Gasteiger partial charge in [0.05, 0.1) is 0 Å². The Balaban J connectivity index is 1.69. The summed E-state index contributed by atoms with van der Waals surface area (Å²) in [5.41, 5.74) is 6.73. The van der Waals surface area contributed by atoms with Crippen LogP contribution < -0.4 is 10.5 Å². The lowest BCUT2D eigenvalue weighted by atomic mass is 9.87. The number of likely N-dealkylation sites (N-methyl/N-ethyl adjacent to an activating group) is 1. The van der Waals surface area contributed by atoms with E-state index >= 15 is 0 Å². The van der Waals surface area contributed by atoms with Crippen LogP contribution in [-0.2, 0) is 6.54 Å². The van der Waals surface area contributed by atoms with Crippen molar-refractivity contribution in [2.75, 3.05) is 20.2 Å². The maximum absolute atomic E-state index is 5.81. The molecular formula is C17H28N2O. The molecule has 0 bridgehead atoms. The normalized spacial score (nSPS) is 23.0. The molecule has 1 aliphatic rings. The van der Waals surface area contributed by atoms with E-state index in [1.807, 2.05) is 24.3 Å². The summed E-state index contributed by atoms with van der Waals surface area (Å²) in [7, 11) is 2.22. The summed E-state index contributed by atoms with van der Waals surface area (Å²) in [4.78, 5) is 2.46. The Morgan fingerprint density at radius 2 is 1.80 bits per heavy atom. The van der Waals surface area contributed by atoms with Gasteiger partial charge in [0, 0.05) is 19.1 Å². The van der Waals surface area contributed by atoms with Crippen LogP contribution >= 0.6 is 0 Å². The Kier molecular flexibility index (Phi) is 5.86. The van der Waals surface area contributed by atoms with Crippen molar-refractivity contribution in [2.45, 2.75) is 45.2 Å². The van der Waals surface area contributed by atoms with Gasteiger partial charge in [0.1, 0.15) is 12.4 Å². The fourth-order valence-electron chi connectivity index (χ4n) is 2.90. The summed E-state index contributed by atoms with van der Waals surface area (Å²) < 4.78 is 5.81. The predicted octanol–water partition coefficient (Wildman–Crippen LogP) is 3.03. The second-order valence-electron chi connectivity index (χ2n) is 6.09. The fourth-order valence-corrected chi connectivity index (χ4v) is 2.90. The number of rotatable bonds is 6. The summed E-state index contributed by atoms with van der Waals surface area (Å²) in [6.45, 7) is 4.70. The number of hydrogen-bond acceptors (Lipinski definition) is 3. The minimum atomic E-state index is 0.586. The smallest absolute Gasteiger partial charge is 0.119 e. The Hall–Kier alpha value is -1.06. The van der Waals surface area contributed by atoms with E-state index in [0.29, 0.717) is 6.54 Å². The van der Waals surface area contributed by atoms with Gasteiger partial charge in [-0.15, -0.1) is 0 Å².